The molecule has 2 rings (SSSR count). The Kier molecular flexibility index (Phi) is 5.70. The first-order valence-electron chi connectivity index (χ1n) is 6.58. The number of benzene rings is 2. The molecule has 0 saturated carbocycles. The van der Waals surface area contributed by atoms with Crippen molar-refractivity contribution in [3.05, 3.63) is 64.1 Å². The lowest BCUT2D eigenvalue weighted by Crippen LogP contribution is -2.19. The van der Waals surface area contributed by atoms with Crippen molar-refractivity contribution in [1.82, 2.24) is 5.32 Å². The van der Waals surface area contributed by atoms with Crippen LogP contribution in [0.1, 0.15) is 24.1 Å². The molecule has 0 saturated heterocycles. The van der Waals surface area contributed by atoms with E-state index in [0.717, 1.165) is 10.0 Å². The van der Waals surface area contributed by atoms with Gasteiger partial charge in [0.2, 0.25) is 0 Å². The van der Waals surface area contributed by atoms with E-state index in [0.29, 0.717) is 12.1 Å². The minimum absolute atomic E-state index is 0.109. The predicted molar refractivity (Wildman–Crippen MR) is 82.5 cm³/mol. The Balaban J connectivity index is 2.01. The predicted octanol–water partition coefficient (Wildman–Crippen LogP) is 4.90. The maximum Gasteiger partial charge on any atom is 0.387 e. The highest BCUT2D eigenvalue weighted by atomic mass is 79.9. The van der Waals surface area contributed by atoms with E-state index >= 15 is 0 Å². The summed E-state index contributed by atoms with van der Waals surface area (Å²) in [6.45, 7) is -0.324. The lowest BCUT2D eigenvalue weighted by atomic mass is 10.1. The van der Waals surface area contributed by atoms with Gasteiger partial charge in [-0.05, 0) is 30.7 Å². The third kappa shape index (κ3) is 4.79. The molecule has 112 valence electrons. The summed E-state index contributed by atoms with van der Waals surface area (Å²) < 4.78 is 30.3. The number of halogens is 3. The van der Waals surface area contributed by atoms with E-state index in [-0.39, 0.29) is 11.8 Å². The van der Waals surface area contributed by atoms with Crippen LogP contribution in [0.25, 0.3) is 0 Å². The molecule has 0 fully saturated rings. The Labute approximate surface area is 131 Å². The molecule has 0 amide bonds. The average molecular weight is 356 g/mol. The van der Waals surface area contributed by atoms with Gasteiger partial charge in [0.15, 0.2) is 0 Å². The van der Waals surface area contributed by atoms with Crippen LogP contribution >= 0.6 is 15.9 Å². The van der Waals surface area contributed by atoms with Crippen LogP contribution in [-0.4, -0.2) is 6.61 Å². The molecule has 0 radical (unpaired) electrons. The van der Waals surface area contributed by atoms with Crippen molar-refractivity contribution in [2.75, 3.05) is 0 Å². The van der Waals surface area contributed by atoms with E-state index in [9.17, 15) is 8.78 Å². The van der Waals surface area contributed by atoms with E-state index in [1.54, 1.807) is 24.3 Å². The first-order chi connectivity index (χ1) is 10.1. The van der Waals surface area contributed by atoms with Crippen LogP contribution in [0.4, 0.5) is 8.78 Å². The van der Waals surface area contributed by atoms with Gasteiger partial charge in [0, 0.05) is 22.6 Å². The second kappa shape index (κ2) is 7.52. The van der Waals surface area contributed by atoms with Crippen LogP contribution < -0.4 is 10.1 Å². The molecule has 0 heterocycles. The summed E-state index contributed by atoms with van der Waals surface area (Å²) in [5.74, 6) is 0.211. The Bertz CT molecular complexity index is 575. The fourth-order valence-corrected chi connectivity index (χ4v) is 2.26. The Morgan fingerprint density at radius 1 is 1.10 bits per heavy atom. The zero-order chi connectivity index (χ0) is 15.2. The van der Waals surface area contributed by atoms with Crippen molar-refractivity contribution in [2.24, 2.45) is 0 Å². The fourth-order valence-electron chi connectivity index (χ4n) is 1.99. The van der Waals surface area contributed by atoms with Gasteiger partial charge in [0.1, 0.15) is 5.75 Å². The molecular weight excluding hydrogens is 340 g/mol. The third-order valence-electron chi connectivity index (χ3n) is 3.16. The minimum Gasteiger partial charge on any atom is -0.434 e. The van der Waals surface area contributed by atoms with Gasteiger partial charge in [-0.25, -0.2) is 0 Å². The number of ether oxygens (including phenoxy) is 1. The molecule has 0 aliphatic rings. The Morgan fingerprint density at radius 2 is 1.76 bits per heavy atom. The zero-order valence-electron chi connectivity index (χ0n) is 11.5. The number of alkyl halides is 2. The number of rotatable bonds is 6. The highest BCUT2D eigenvalue weighted by molar-refractivity contribution is 9.10. The molecule has 5 heteroatoms. The standard InChI is InChI=1S/C16H16BrF2NO/c1-11(12-6-8-14(17)9-7-12)20-10-13-4-2-3-5-15(13)21-16(18)19/h2-9,11,16,20H,10H2,1H3. The van der Waals surface area contributed by atoms with E-state index in [1.165, 1.54) is 0 Å². The molecule has 1 atom stereocenters. The van der Waals surface area contributed by atoms with Crippen molar-refractivity contribution in [3.63, 3.8) is 0 Å². The number of hydrogen-bond donors (Lipinski definition) is 1. The van der Waals surface area contributed by atoms with Gasteiger partial charge in [0.25, 0.3) is 0 Å². The molecule has 2 aromatic carbocycles. The first kappa shape index (κ1) is 15.9. The van der Waals surface area contributed by atoms with E-state index in [1.807, 2.05) is 31.2 Å². The van der Waals surface area contributed by atoms with E-state index < -0.39 is 6.61 Å². The summed E-state index contributed by atoms with van der Waals surface area (Å²) in [4.78, 5) is 0. The van der Waals surface area contributed by atoms with E-state index in [2.05, 4.69) is 26.0 Å². The van der Waals surface area contributed by atoms with E-state index in [4.69, 9.17) is 0 Å². The van der Waals surface area contributed by atoms with Crippen molar-refractivity contribution >= 4 is 15.9 Å². The summed E-state index contributed by atoms with van der Waals surface area (Å²) in [7, 11) is 0. The fraction of sp³-hybridized carbons (Fsp3) is 0.250. The summed E-state index contributed by atoms with van der Waals surface area (Å²) in [6, 6.07) is 14.9. The second-order valence-corrected chi connectivity index (χ2v) is 5.56. The van der Waals surface area contributed by atoms with Gasteiger partial charge in [0.05, 0.1) is 0 Å². The maximum absolute atomic E-state index is 12.4. The Morgan fingerprint density at radius 3 is 2.43 bits per heavy atom. The van der Waals surface area contributed by atoms with Gasteiger partial charge < -0.3 is 10.1 Å². The van der Waals surface area contributed by atoms with Gasteiger partial charge in [-0.3, -0.25) is 0 Å². The first-order valence-corrected chi connectivity index (χ1v) is 7.37. The number of hydrogen-bond acceptors (Lipinski definition) is 2. The van der Waals surface area contributed by atoms with Crippen LogP contribution in [-0.2, 0) is 6.54 Å². The summed E-state index contributed by atoms with van der Waals surface area (Å²) in [5, 5.41) is 3.31. The smallest absolute Gasteiger partial charge is 0.387 e. The minimum atomic E-state index is -2.81. The quantitative estimate of drug-likeness (QED) is 0.795. The van der Waals surface area contributed by atoms with Crippen LogP contribution in [0.2, 0.25) is 0 Å². The lowest BCUT2D eigenvalue weighted by Gasteiger charge is -2.16. The highest BCUT2D eigenvalue weighted by Crippen LogP contribution is 2.22. The summed E-state index contributed by atoms with van der Waals surface area (Å²) in [6.07, 6.45) is 0. The molecule has 1 unspecified atom stereocenters. The van der Waals surface area contributed by atoms with Gasteiger partial charge >= 0.3 is 6.61 Å². The van der Waals surface area contributed by atoms with Crippen molar-refractivity contribution < 1.29 is 13.5 Å². The monoisotopic (exact) mass is 355 g/mol. The molecule has 0 aliphatic heterocycles. The SMILES string of the molecule is CC(NCc1ccccc1OC(F)F)c1ccc(Br)cc1. The topological polar surface area (TPSA) is 21.3 Å². The second-order valence-electron chi connectivity index (χ2n) is 4.64. The maximum atomic E-state index is 12.4. The lowest BCUT2D eigenvalue weighted by molar-refractivity contribution is -0.0505. The number of para-hydroxylation sites is 1. The average Bonchev–Trinajstić information content (AvgIpc) is 2.46. The van der Waals surface area contributed by atoms with Crippen molar-refractivity contribution in [3.8, 4) is 5.75 Å². The highest BCUT2D eigenvalue weighted by Gasteiger charge is 2.10. The van der Waals surface area contributed by atoms with Crippen LogP contribution in [0.15, 0.2) is 53.0 Å². The molecule has 0 bridgehead atoms. The molecule has 0 aliphatic carbocycles. The van der Waals surface area contributed by atoms with Crippen LogP contribution in [0.5, 0.6) is 5.75 Å². The zero-order valence-corrected chi connectivity index (χ0v) is 13.1. The normalized spacial score (nSPS) is 12.4. The molecule has 0 aromatic heterocycles. The summed E-state index contributed by atoms with van der Waals surface area (Å²) >= 11 is 3.39. The van der Waals surface area contributed by atoms with Crippen molar-refractivity contribution in [2.45, 2.75) is 26.1 Å². The van der Waals surface area contributed by atoms with Gasteiger partial charge in [-0.1, -0.05) is 46.3 Å². The van der Waals surface area contributed by atoms with Crippen LogP contribution in [0.3, 0.4) is 0 Å². The molecule has 1 N–H and O–H groups in total. The molecule has 2 nitrogen and oxygen atoms in total. The molecular formula is C16H16BrF2NO. The molecule has 2 aromatic rings. The third-order valence-corrected chi connectivity index (χ3v) is 3.69. The van der Waals surface area contributed by atoms with Crippen molar-refractivity contribution in [1.29, 1.82) is 0 Å². The van der Waals surface area contributed by atoms with Gasteiger partial charge in [-0.2, -0.15) is 8.78 Å². The molecule has 21 heavy (non-hydrogen) atoms. The van der Waals surface area contributed by atoms with Crippen LogP contribution in [0, 0.1) is 0 Å². The summed E-state index contributed by atoms with van der Waals surface area (Å²) in [5.41, 5.74) is 1.84. The number of nitrogens with one attached hydrogen (secondary N) is 1. The molecule has 0 spiro atoms. The van der Waals surface area contributed by atoms with Gasteiger partial charge in [-0.15, -0.1) is 0 Å². The largest absolute Gasteiger partial charge is 0.434 e. The Hall–Kier alpha value is -1.46.